The van der Waals surface area contributed by atoms with E-state index in [2.05, 4.69) is 36.0 Å². The SMILES string of the molecule is CCCCc1nc2cc(C(=O)NC[C@H]3CCN(C(C)C)C3)ccc2o1. The number of fused-ring (bicyclic) bond motifs is 1. The Morgan fingerprint density at radius 3 is 3.00 bits per heavy atom. The molecule has 1 aliphatic rings. The van der Waals surface area contributed by atoms with Gasteiger partial charge in [0.25, 0.3) is 5.91 Å². The fourth-order valence-corrected chi connectivity index (χ4v) is 3.39. The van der Waals surface area contributed by atoms with Gasteiger partial charge in [0.05, 0.1) is 0 Å². The summed E-state index contributed by atoms with van der Waals surface area (Å²) in [6.07, 6.45) is 4.18. The van der Waals surface area contributed by atoms with Crippen LogP contribution in [0.2, 0.25) is 0 Å². The minimum Gasteiger partial charge on any atom is -0.441 e. The molecule has 1 fully saturated rings. The van der Waals surface area contributed by atoms with E-state index in [-0.39, 0.29) is 5.91 Å². The molecule has 1 saturated heterocycles. The number of nitrogens with zero attached hydrogens (tertiary/aromatic N) is 2. The van der Waals surface area contributed by atoms with Gasteiger partial charge in [-0.3, -0.25) is 4.79 Å². The third-order valence-corrected chi connectivity index (χ3v) is 5.04. The standard InChI is InChI=1S/C20H29N3O2/c1-4-5-6-19-22-17-11-16(7-8-18(17)25-19)20(24)21-12-15-9-10-23(13-15)14(2)3/h7-8,11,14-15H,4-6,9-10,12-13H2,1-3H3,(H,21,24)/t15-/m1/s1. The van der Waals surface area contributed by atoms with Crippen LogP contribution in [0.25, 0.3) is 11.1 Å². The summed E-state index contributed by atoms with van der Waals surface area (Å²) in [5, 5.41) is 3.08. The number of unbranched alkanes of at least 4 members (excludes halogenated alkanes) is 1. The number of benzene rings is 1. The number of nitrogens with one attached hydrogen (secondary N) is 1. The number of hydrogen-bond donors (Lipinski definition) is 1. The molecule has 1 aromatic heterocycles. The fraction of sp³-hybridized carbons (Fsp3) is 0.600. The van der Waals surface area contributed by atoms with Crippen molar-refractivity contribution in [1.29, 1.82) is 0 Å². The molecule has 0 spiro atoms. The number of carbonyl (C=O) groups excluding carboxylic acids is 1. The van der Waals surface area contributed by atoms with E-state index in [1.54, 1.807) is 0 Å². The first-order valence-electron chi connectivity index (χ1n) is 9.48. The number of aryl methyl sites for hydroxylation is 1. The molecule has 0 aliphatic carbocycles. The van der Waals surface area contributed by atoms with Crippen molar-refractivity contribution in [2.45, 2.75) is 52.5 Å². The smallest absolute Gasteiger partial charge is 0.251 e. The third kappa shape index (κ3) is 4.40. The summed E-state index contributed by atoms with van der Waals surface area (Å²) in [5.74, 6) is 1.28. The van der Waals surface area contributed by atoms with Gasteiger partial charge in [-0.15, -0.1) is 0 Å². The second kappa shape index (κ2) is 8.00. The third-order valence-electron chi connectivity index (χ3n) is 5.04. The van der Waals surface area contributed by atoms with E-state index in [0.717, 1.165) is 62.3 Å². The maximum absolute atomic E-state index is 12.5. The molecule has 5 heteroatoms. The molecule has 5 nitrogen and oxygen atoms in total. The van der Waals surface area contributed by atoms with Crippen molar-refractivity contribution in [2.24, 2.45) is 5.92 Å². The Morgan fingerprint density at radius 2 is 2.28 bits per heavy atom. The Balaban J connectivity index is 1.58. The van der Waals surface area contributed by atoms with Crippen molar-refractivity contribution < 1.29 is 9.21 Å². The van der Waals surface area contributed by atoms with E-state index in [0.29, 0.717) is 17.5 Å². The molecule has 1 N–H and O–H groups in total. The van der Waals surface area contributed by atoms with Crippen LogP contribution in [-0.4, -0.2) is 41.5 Å². The van der Waals surface area contributed by atoms with Gasteiger partial charge >= 0.3 is 0 Å². The highest BCUT2D eigenvalue weighted by Crippen LogP contribution is 2.20. The lowest BCUT2D eigenvalue weighted by Gasteiger charge is -2.20. The van der Waals surface area contributed by atoms with Gasteiger partial charge in [0.1, 0.15) is 5.52 Å². The van der Waals surface area contributed by atoms with Crippen molar-refractivity contribution in [1.82, 2.24) is 15.2 Å². The Morgan fingerprint density at radius 1 is 1.44 bits per heavy atom. The highest BCUT2D eigenvalue weighted by molar-refractivity contribution is 5.97. The number of aromatic nitrogens is 1. The maximum Gasteiger partial charge on any atom is 0.251 e. The quantitative estimate of drug-likeness (QED) is 0.834. The summed E-state index contributed by atoms with van der Waals surface area (Å²) < 4.78 is 5.73. The molecular weight excluding hydrogens is 314 g/mol. The number of oxazole rings is 1. The van der Waals surface area contributed by atoms with E-state index in [1.165, 1.54) is 0 Å². The minimum absolute atomic E-state index is 0.0250. The molecule has 1 atom stereocenters. The Labute approximate surface area is 149 Å². The first-order chi connectivity index (χ1) is 12.1. The van der Waals surface area contributed by atoms with Gasteiger partial charge in [-0.2, -0.15) is 0 Å². The molecule has 1 amide bonds. The zero-order valence-electron chi connectivity index (χ0n) is 15.5. The Bertz CT molecular complexity index is 723. The van der Waals surface area contributed by atoms with Crippen LogP contribution in [0.3, 0.4) is 0 Å². The summed E-state index contributed by atoms with van der Waals surface area (Å²) in [5.41, 5.74) is 2.18. The van der Waals surface area contributed by atoms with Crippen LogP contribution < -0.4 is 5.32 Å². The summed E-state index contributed by atoms with van der Waals surface area (Å²) in [7, 11) is 0. The summed E-state index contributed by atoms with van der Waals surface area (Å²) in [4.78, 5) is 19.4. The molecule has 136 valence electrons. The number of amides is 1. The highest BCUT2D eigenvalue weighted by atomic mass is 16.3. The molecule has 0 bridgehead atoms. The predicted octanol–water partition coefficient (Wildman–Crippen LogP) is 3.63. The number of hydrogen-bond acceptors (Lipinski definition) is 4. The zero-order valence-corrected chi connectivity index (χ0v) is 15.5. The lowest BCUT2D eigenvalue weighted by molar-refractivity contribution is 0.0947. The second-order valence-electron chi connectivity index (χ2n) is 7.35. The van der Waals surface area contributed by atoms with Gasteiger partial charge < -0.3 is 14.6 Å². The van der Waals surface area contributed by atoms with Crippen LogP contribution in [0.1, 0.15) is 56.3 Å². The van der Waals surface area contributed by atoms with Gasteiger partial charge in [-0.1, -0.05) is 13.3 Å². The first-order valence-corrected chi connectivity index (χ1v) is 9.48. The van der Waals surface area contributed by atoms with Crippen molar-refractivity contribution in [3.63, 3.8) is 0 Å². The van der Waals surface area contributed by atoms with Crippen LogP contribution in [0.15, 0.2) is 22.6 Å². The lowest BCUT2D eigenvalue weighted by Crippen LogP contribution is -2.32. The van der Waals surface area contributed by atoms with E-state index in [1.807, 2.05) is 18.2 Å². The van der Waals surface area contributed by atoms with Crippen LogP contribution >= 0.6 is 0 Å². The van der Waals surface area contributed by atoms with E-state index >= 15 is 0 Å². The van der Waals surface area contributed by atoms with Crippen molar-refractivity contribution in [3.8, 4) is 0 Å². The number of rotatable bonds is 7. The van der Waals surface area contributed by atoms with Crippen LogP contribution in [0.4, 0.5) is 0 Å². The molecule has 3 rings (SSSR count). The molecule has 2 aromatic rings. The second-order valence-corrected chi connectivity index (χ2v) is 7.35. The van der Waals surface area contributed by atoms with Crippen LogP contribution in [-0.2, 0) is 6.42 Å². The molecule has 1 aliphatic heterocycles. The summed E-state index contributed by atoms with van der Waals surface area (Å²) >= 11 is 0. The lowest BCUT2D eigenvalue weighted by atomic mass is 10.1. The van der Waals surface area contributed by atoms with Gasteiger partial charge in [0.2, 0.25) is 0 Å². The zero-order chi connectivity index (χ0) is 17.8. The topological polar surface area (TPSA) is 58.4 Å². The van der Waals surface area contributed by atoms with Gasteiger partial charge in [0, 0.05) is 31.1 Å². The molecule has 2 heterocycles. The van der Waals surface area contributed by atoms with E-state index in [9.17, 15) is 4.79 Å². The minimum atomic E-state index is -0.0250. The van der Waals surface area contributed by atoms with Crippen molar-refractivity contribution in [2.75, 3.05) is 19.6 Å². The van der Waals surface area contributed by atoms with E-state index < -0.39 is 0 Å². The van der Waals surface area contributed by atoms with Crippen LogP contribution in [0, 0.1) is 5.92 Å². The van der Waals surface area contributed by atoms with Crippen molar-refractivity contribution >= 4 is 17.0 Å². The Hall–Kier alpha value is -1.88. The highest BCUT2D eigenvalue weighted by Gasteiger charge is 2.24. The molecule has 1 aromatic carbocycles. The average molecular weight is 343 g/mol. The van der Waals surface area contributed by atoms with Gasteiger partial charge in [-0.25, -0.2) is 4.98 Å². The Kier molecular flexibility index (Phi) is 5.74. The molecule has 0 saturated carbocycles. The van der Waals surface area contributed by atoms with Gasteiger partial charge in [0.15, 0.2) is 11.5 Å². The number of carbonyl (C=O) groups is 1. The summed E-state index contributed by atoms with van der Waals surface area (Å²) in [6.45, 7) is 9.53. The normalized spacial score (nSPS) is 18.3. The maximum atomic E-state index is 12.5. The molecule has 25 heavy (non-hydrogen) atoms. The average Bonchev–Trinajstić information content (AvgIpc) is 3.23. The molecule has 0 unspecified atom stereocenters. The monoisotopic (exact) mass is 343 g/mol. The first kappa shape index (κ1) is 17.9. The molecular formula is C20H29N3O2. The molecule has 0 radical (unpaired) electrons. The van der Waals surface area contributed by atoms with E-state index in [4.69, 9.17) is 4.42 Å². The summed E-state index contributed by atoms with van der Waals surface area (Å²) in [6, 6.07) is 6.08. The largest absolute Gasteiger partial charge is 0.441 e. The van der Waals surface area contributed by atoms with Crippen LogP contribution in [0.5, 0.6) is 0 Å². The van der Waals surface area contributed by atoms with Crippen molar-refractivity contribution in [3.05, 3.63) is 29.7 Å². The number of likely N-dealkylation sites (tertiary alicyclic amines) is 1. The predicted molar refractivity (Wildman–Crippen MR) is 99.8 cm³/mol. The fourth-order valence-electron chi connectivity index (χ4n) is 3.39. The van der Waals surface area contributed by atoms with Gasteiger partial charge in [-0.05, 0) is 57.4 Å².